The second kappa shape index (κ2) is 6.96. The van der Waals surface area contributed by atoms with E-state index < -0.39 is 5.60 Å². The van der Waals surface area contributed by atoms with Crippen molar-refractivity contribution in [2.24, 2.45) is 10.4 Å². The maximum Gasteiger partial charge on any atom is 0.174 e. The quantitative estimate of drug-likeness (QED) is 0.760. The van der Waals surface area contributed by atoms with Crippen LogP contribution in [0.5, 0.6) is 0 Å². The third kappa shape index (κ3) is 2.79. The molecule has 1 unspecified atom stereocenters. The number of amidine groups is 1. The van der Waals surface area contributed by atoms with Gasteiger partial charge in [-0.3, -0.25) is 4.99 Å². The molecule has 2 aliphatic heterocycles. The molecule has 1 aliphatic carbocycles. The lowest BCUT2D eigenvalue weighted by molar-refractivity contribution is 0.155. The van der Waals surface area contributed by atoms with Crippen LogP contribution in [0.4, 0.5) is 5.69 Å². The third-order valence-corrected chi connectivity index (χ3v) is 6.58. The van der Waals surface area contributed by atoms with E-state index >= 15 is 0 Å². The maximum absolute atomic E-state index is 11.9. The zero-order valence-electron chi connectivity index (χ0n) is 15.6. The van der Waals surface area contributed by atoms with Gasteiger partial charge in [0.25, 0.3) is 0 Å². The third-order valence-electron chi connectivity index (χ3n) is 6.58. The molecule has 3 aliphatic rings. The summed E-state index contributed by atoms with van der Waals surface area (Å²) in [5.74, 6) is 0.819. The minimum Gasteiger partial charge on any atom is -0.373 e. The number of benzene rings is 2. The van der Waals surface area contributed by atoms with Crippen LogP contribution in [-0.2, 0) is 5.60 Å². The van der Waals surface area contributed by atoms with E-state index in [-0.39, 0.29) is 17.8 Å². The lowest BCUT2D eigenvalue weighted by Crippen LogP contribution is -2.51. The number of para-hydroxylation sites is 1. The Morgan fingerprint density at radius 2 is 1.52 bits per heavy atom. The largest absolute Gasteiger partial charge is 0.373 e. The van der Waals surface area contributed by atoms with Crippen molar-refractivity contribution in [2.45, 2.75) is 44.1 Å². The molecule has 0 saturated heterocycles. The van der Waals surface area contributed by atoms with E-state index in [2.05, 4.69) is 23.1 Å². The highest BCUT2D eigenvalue weighted by Gasteiger charge is 2.52. The van der Waals surface area contributed by atoms with Crippen molar-refractivity contribution in [2.75, 3.05) is 18.0 Å². The van der Waals surface area contributed by atoms with E-state index in [0.717, 1.165) is 35.7 Å². The van der Waals surface area contributed by atoms with Crippen molar-refractivity contribution in [1.29, 1.82) is 0 Å². The summed E-state index contributed by atoms with van der Waals surface area (Å²) in [6, 6.07) is 18.3. The summed E-state index contributed by atoms with van der Waals surface area (Å²) in [4.78, 5) is 7.36. The molecule has 1 saturated carbocycles. The van der Waals surface area contributed by atoms with Crippen LogP contribution in [0.15, 0.2) is 59.6 Å². The second-order valence-electron chi connectivity index (χ2n) is 8.23. The van der Waals surface area contributed by atoms with Gasteiger partial charge < -0.3 is 10.0 Å². The number of anilines is 1. The lowest BCUT2D eigenvalue weighted by Gasteiger charge is -2.42. The number of hydrogen-bond acceptors (Lipinski definition) is 3. The van der Waals surface area contributed by atoms with Crippen LogP contribution >= 0.6 is 12.4 Å². The summed E-state index contributed by atoms with van der Waals surface area (Å²) in [5.41, 5.74) is 2.14. The molecule has 0 bridgehead atoms. The van der Waals surface area contributed by atoms with E-state index in [1.54, 1.807) is 0 Å². The first-order valence-corrected chi connectivity index (χ1v) is 9.93. The van der Waals surface area contributed by atoms with E-state index in [0.29, 0.717) is 0 Å². The Hall–Kier alpha value is -1.84. The summed E-state index contributed by atoms with van der Waals surface area (Å²) in [5, 5.41) is 11.9. The smallest absolute Gasteiger partial charge is 0.174 e. The Morgan fingerprint density at radius 3 is 2.26 bits per heavy atom. The molecule has 2 aromatic rings. The van der Waals surface area contributed by atoms with Gasteiger partial charge in [-0.05, 0) is 24.5 Å². The zero-order chi connectivity index (χ0) is 17.6. The van der Waals surface area contributed by atoms with Gasteiger partial charge in [0, 0.05) is 29.8 Å². The van der Waals surface area contributed by atoms with Gasteiger partial charge in [-0.15, -0.1) is 12.4 Å². The zero-order valence-corrected chi connectivity index (χ0v) is 16.4. The molecule has 2 heterocycles. The number of hydrogen-bond donors (Lipinski definition) is 1. The Labute approximate surface area is 167 Å². The Balaban J connectivity index is 0.00000180. The average Bonchev–Trinajstić information content (AvgIpc) is 2.81. The number of aliphatic imine (C=N–C) groups is 1. The molecule has 0 amide bonds. The van der Waals surface area contributed by atoms with Crippen molar-refractivity contribution in [1.82, 2.24) is 0 Å². The van der Waals surface area contributed by atoms with Gasteiger partial charge in [0.1, 0.15) is 5.84 Å². The Bertz CT molecular complexity index is 842. The van der Waals surface area contributed by atoms with E-state index in [9.17, 15) is 5.11 Å². The first-order chi connectivity index (χ1) is 12.7. The van der Waals surface area contributed by atoms with Crippen LogP contribution in [0.3, 0.4) is 0 Å². The SMILES string of the molecule is Cl.OC1(c2ccccc2)C2=NCC3(CCCCCC3)CN2c2ccccc21. The van der Waals surface area contributed by atoms with Crippen molar-refractivity contribution in [3.63, 3.8) is 0 Å². The summed E-state index contributed by atoms with van der Waals surface area (Å²) in [6.45, 7) is 1.83. The van der Waals surface area contributed by atoms with Crippen LogP contribution in [-0.4, -0.2) is 24.0 Å². The molecule has 2 aromatic carbocycles. The van der Waals surface area contributed by atoms with Crippen molar-refractivity contribution >= 4 is 23.9 Å². The van der Waals surface area contributed by atoms with Gasteiger partial charge in [0.05, 0.1) is 0 Å². The monoisotopic (exact) mass is 382 g/mol. The van der Waals surface area contributed by atoms with Crippen molar-refractivity contribution in [3.8, 4) is 0 Å². The number of fused-ring (bicyclic) bond motifs is 3. The molecule has 142 valence electrons. The van der Waals surface area contributed by atoms with Crippen molar-refractivity contribution < 1.29 is 5.11 Å². The molecule has 3 nitrogen and oxygen atoms in total. The van der Waals surface area contributed by atoms with Crippen LogP contribution < -0.4 is 4.90 Å². The predicted octanol–water partition coefficient (Wildman–Crippen LogP) is 4.92. The number of rotatable bonds is 1. The van der Waals surface area contributed by atoms with Crippen LogP contribution in [0.25, 0.3) is 0 Å². The molecule has 5 rings (SSSR count). The number of halogens is 1. The maximum atomic E-state index is 11.9. The van der Waals surface area contributed by atoms with Crippen LogP contribution in [0.1, 0.15) is 49.7 Å². The highest BCUT2D eigenvalue weighted by Crippen LogP contribution is 2.49. The number of nitrogens with zero attached hydrogens (tertiary/aromatic N) is 2. The molecule has 1 fully saturated rings. The molecule has 27 heavy (non-hydrogen) atoms. The first-order valence-electron chi connectivity index (χ1n) is 9.93. The van der Waals surface area contributed by atoms with Crippen LogP contribution in [0, 0.1) is 5.41 Å². The van der Waals surface area contributed by atoms with Crippen LogP contribution in [0.2, 0.25) is 0 Å². The molecular weight excluding hydrogens is 356 g/mol. The molecule has 0 radical (unpaired) electrons. The standard InChI is InChI=1S/C23H26N2O.ClH/c26-23(18-10-4-3-5-11-18)19-12-6-7-13-20(19)25-17-22(16-24-21(23)25)14-8-1-2-9-15-22;/h3-7,10-13,26H,1-2,8-9,14-17H2;1H. The van der Waals surface area contributed by atoms with E-state index in [1.165, 1.54) is 38.5 Å². The van der Waals surface area contributed by atoms with Gasteiger partial charge in [-0.25, -0.2) is 0 Å². The Morgan fingerprint density at radius 1 is 0.852 bits per heavy atom. The topological polar surface area (TPSA) is 35.8 Å². The highest BCUT2D eigenvalue weighted by atomic mass is 35.5. The van der Waals surface area contributed by atoms with Gasteiger partial charge in [0.15, 0.2) is 5.60 Å². The molecular formula is C23H27ClN2O. The highest BCUT2D eigenvalue weighted by molar-refractivity contribution is 6.12. The second-order valence-corrected chi connectivity index (χ2v) is 8.23. The Kier molecular flexibility index (Phi) is 4.77. The van der Waals surface area contributed by atoms with Gasteiger partial charge >= 0.3 is 0 Å². The van der Waals surface area contributed by atoms with E-state index in [1.807, 2.05) is 36.4 Å². The molecule has 1 N–H and O–H groups in total. The van der Waals surface area contributed by atoms with E-state index in [4.69, 9.17) is 4.99 Å². The summed E-state index contributed by atoms with van der Waals surface area (Å²) < 4.78 is 0. The fourth-order valence-electron chi connectivity index (χ4n) is 5.19. The number of aliphatic hydroxyl groups is 1. The summed E-state index contributed by atoms with van der Waals surface area (Å²) >= 11 is 0. The normalized spacial score (nSPS) is 25.8. The van der Waals surface area contributed by atoms with Gasteiger partial charge in [-0.1, -0.05) is 74.2 Å². The summed E-state index contributed by atoms with van der Waals surface area (Å²) in [7, 11) is 0. The average molecular weight is 383 g/mol. The lowest BCUT2D eigenvalue weighted by atomic mass is 9.78. The molecule has 0 aromatic heterocycles. The fourth-order valence-corrected chi connectivity index (χ4v) is 5.19. The molecule has 4 heteroatoms. The molecule has 1 spiro atoms. The minimum absolute atomic E-state index is 0. The fraction of sp³-hybridized carbons (Fsp3) is 0.435. The molecule has 1 atom stereocenters. The predicted molar refractivity (Wildman–Crippen MR) is 113 cm³/mol. The summed E-state index contributed by atoms with van der Waals surface area (Å²) in [6.07, 6.45) is 7.83. The van der Waals surface area contributed by atoms with Crippen molar-refractivity contribution in [3.05, 3.63) is 65.7 Å². The van der Waals surface area contributed by atoms with Gasteiger partial charge in [-0.2, -0.15) is 0 Å². The minimum atomic E-state index is -1.13. The first kappa shape index (κ1) is 18.5. The van der Waals surface area contributed by atoms with Gasteiger partial charge in [0.2, 0.25) is 0 Å².